The predicted octanol–water partition coefficient (Wildman–Crippen LogP) is 3.77. The summed E-state index contributed by atoms with van der Waals surface area (Å²) < 4.78 is 0. The topological polar surface area (TPSA) is 15.3 Å². The summed E-state index contributed by atoms with van der Waals surface area (Å²) in [4.78, 5) is 2.64. The zero-order chi connectivity index (χ0) is 14.6. The van der Waals surface area contributed by atoms with E-state index in [1.54, 1.807) is 0 Å². The van der Waals surface area contributed by atoms with E-state index in [2.05, 4.69) is 62.3 Å². The molecule has 0 saturated carbocycles. The van der Waals surface area contributed by atoms with Gasteiger partial charge in [-0.3, -0.25) is 0 Å². The van der Waals surface area contributed by atoms with Crippen molar-refractivity contribution in [3.63, 3.8) is 0 Å². The fourth-order valence-electron chi connectivity index (χ4n) is 3.24. The number of hydrogen-bond acceptors (Lipinski definition) is 2. The Bertz CT molecular complexity index is 425. The number of aryl methyl sites for hydroxylation is 1. The van der Waals surface area contributed by atoms with Gasteiger partial charge in [-0.2, -0.15) is 0 Å². The highest BCUT2D eigenvalue weighted by Gasteiger charge is 2.24. The third kappa shape index (κ3) is 4.07. The van der Waals surface area contributed by atoms with Crippen LogP contribution in [0.25, 0.3) is 0 Å². The third-order valence-corrected chi connectivity index (χ3v) is 4.79. The molecule has 0 amide bonds. The lowest BCUT2D eigenvalue weighted by Crippen LogP contribution is -2.35. The molecule has 20 heavy (non-hydrogen) atoms. The standard InChI is InChI=1S/C18H30N2/c1-15-8-5-6-9-16(15)17(19-4)14-20-12-7-10-18(2,3)11-13-20/h5-6,8-9,17,19H,7,10-14H2,1-4H3. The summed E-state index contributed by atoms with van der Waals surface area (Å²) in [6, 6.07) is 9.19. The van der Waals surface area contributed by atoms with Gasteiger partial charge in [-0.15, -0.1) is 0 Å². The second-order valence-corrected chi connectivity index (χ2v) is 7.02. The summed E-state index contributed by atoms with van der Waals surface area (Å²) in [6.07, 6.45) is 4.01. The molecule has 1 saturated heterocycles. The minimum atomic E-state index is 0.442. The van der Waals surface area contributed by atoms with Gasteiger partial charge in [0.25, 0.3) is 0 Å². The third-order valence-electron chi connectivity index (χ3n) is 4.79. The highest BCUT2D eigenvalue weighted by Crippen LogP contribution is 2.30. The second kappa shape index (κ2) is 6.73. The van der Waals surface area contributed by atoms with Crippen molar-refractivity contribution in [3.05, 3.63) is 35.4 Å². The van der Waals surface area contributed by atoms with Crippen molar-refractivity contribution in [3.8, 4) is 0 Å². The van der Waals surface area contributed by atoms with Crippen LogP contribution in [0.4, 0.5) is 0 Å². The molecular formula is C18H30N2. The quantitative estimate of drug-likeness (QED) is 0.899. The van der Waals surface area contributed by atoms with Crippen molar-refractivity contribution in [2.75, 3.05) is 26.7 Å². The monoisotopic (exact) mass is 274 g/mol. The van der Waals surface area contributed by atoms with Gasteiger partial charge in [0.2, 0.25) is 0 Å². The van der Waals surface area contributed by atoms with Crippen LogP contribution in [0.2, 0.25) is 0 Å². The first-order valence-corrected chi connectivity index (χ1v) is 7.97. The molecule has 2 heteroatoms. The van der Waals surface area contributed by atoms with Gasteiger partial charge in [-0.05, 0) is 62.9 Å². The van der Waals surface area contributed by atoms with Crippen molar-refractivity contribution in [2.24, 2.45) is 5.41 Å². The predicted molar refractivity (Wildman–Crippen MR) is 87.1 cm³/mol. The number of rotatable bonds is 4. The lowest BCUT2D eigenvalue weighted by Gasteiger charge is -2.28. The van der Waals surface area contributed by atoms with Crippen molar-refractivity contribution in [1.29, 1.82) is 0 Å². The van der Waals surface area contributed by atoms with E-state index < -0.39 is 0 Å². The first-order valence-electron chi connectivity index (χ1n) is 7.97. The molecule has 2 nitrogen and oxygen atoms in total. The number of likely N-dealkylation sites (N-methyl/N-ethyl adjacent to an activating group) is 1. The Hall–Kier alpha value is -0.860. The first-order chi connectivity index (χ1) is 9.52. The number of likely N-dealkylation sites (tertiary alicyclic amines) is 1. The number of benzene rings is 1. The maximum atomic E-state index is 3.51. The van der Waals surface area contributed by atoms with Crippen molar-refractivity contribution < 1.29 is 0 Å². The first kappa shape index (κ1) is 15.5. The molecule has 1 unspecified atom stereocenters. The Morgan fingerprint density at radius 1 is 1.20 bits per heavy atom. The summed E-state index contributed by atoms with van der Waals surface area (Å²) in [5.74, 6) is 0. The maximum Gasteiger partial charge on any atom is 0.0449 e. The molecule has 1 aromatic carbocycles. The molecular weight excluding hydrogens is 244 g/mol. The molecule has 1 N–H and O–H groups in total. The van der Waals surface area contributed by atoms with E-state index in [4.69, 9.17) is 0 Å². The van der Waals surface area contributed by atoms with E-state index in [9.17, 15) is 0 Å². The molecule has 2 rings (SSSR count). The highest BCUT2D eigenvalue weighted by atomic mass is 15.1. The molecule has 1 heterocycles. The zero-order valence-corrected chi connectivity index (χ0v) is 13.6. The maximum absolute atomic E-state index is 3.51. The summed E-state index contributed by atoms with van der Waals surface area (Å²) in [6.45, 7) is 10.6. The van der Waals surface area contributed by atoms with Crippen LogP contribution in [0.3, 0.4) is 0 Å². The van der Waals surface area contributed by atoms with Crippen LogP contribution in [0.15, 0.2) is 24.3 Å². The largest absolute Gasteiger partial charge is 0.312 e. The Morgan fingerprint density at radius 3 is 2.65 bits per heavy atom. The molecule has 0 radical (unpaired) electrons. The number of nitrogens with one attached hydrogen (secondary N) is 1. The Labute approximate surface area is 124 Å². The zero-order valence-electron chi connectivity index (χ0n) is 13.6. The molecule has 1 fully saturated rings. The van der Waals surface area contributed by atoms with E-state index in [1.165, 1.54) is 43.5 Å². The number of nitrogens with zero attached hydrogens (tertiary/aromatic N) is 1. The van der Waals surface area contributed by atoms with Crippen LogP contribution < -0.4 is 5.32 Å². The van der Waals surface area contributed by atoms with E-state index in [-0.39, 0.29) is 0 Å². The van der Waals surface area contributed by atoms with Crippen molar-refractivity contribution in [1.82, 2.24) is 10.2 Å². The average molecular weight is 274 g/mol. The summed E-state index contributed by atoms with van der Waals surface area (Å²) in [7, 11) is 2.08. The molecule has 1 aliphatic heterocycles. The van der Waals surface area contributed by atoms with Gasteiger partial charge in [0.05, 0.1) is 0 Å². The average Bonchev–Trinajstić information content (AvgIpc) is 2.58. The van der Waals surface area contributed by atoms with Gasteiger partial charge in [0.15, 0.2) is 0 Å². The van der Waals surface area contributed by atoms with Gasteiger partial charge in [0, 0.05) is 12.6 Å². The van der Waals surface area contributed by atoms with Gasteiger partial charge in [0.1, 0.15) is 0 Å². The van der Waals surface area contributed by atoms with E-state index in [0.29, 0.717) is 11.5 Å². The lowest BCUT2D eigenvalue weighted by molar-refractivity contribution is 0.240. The number of hydrogen-bond donors (Lipinski definition) is 1. The Kier molecular flexibility index (Phi) is 5.22. The lowest BCUT2D eigenvalue weighted by atomic mass is 9.85. The smallest absolute Gasteiger partial charge is 0.0449 e. The molecule has 1 aliphatic rings. The summed E-state index contributed by atoms with van der Waals surface area (Å²) in [5, 5.41) is 3.51. The van der Waals surface area contributed by atoms with E-state index in [0.717, 1.165) is 6.54 Å². The molecule has 0 spiro atoms. The van der Waals surface area contributed by atoms with E-state index >= 15 is 0 Å². The molecule has 0 aliphatic carbocycles. The second-order valence-electron chi connectivity index (χ2n) is 7.02. The molecule has 112 valence electrons. The minimum absolute atomic E-state index is 0.442. The van der Waals surface area contributed by atoms with Gasteiger partial charge in [-0.1, -0.05) is 38.1 Å². The molecule has 0 bridgehead atoms. The SMILES string of the molecule is CNC(CN1CCCC(C)(C)CC1)c1ccccc1C. The fraction of sp³-hybridized carbons (Fsp3) is 0.667. The van der Waals surface area contributed by atoms with Gasteiger partial charge < -0.3 is 10.2 Å². The van der Waals surface area contributed by atoms with Crippen LogP contribution in [0.5, 0.6) is 0 Å². The van der Waals surface area contributed by atoms with Crippen LogP contribution in [0, 0.1) is 12.3 Å². The van der Waals surface area contributed by atoms with Crippen LogP contribution >= 0.6 is 0 Å². The summed E-state index contributed by atoms with van der Waals surface area (Å²) in [5.41, 5.74) is 3.35. The van der Waals surface area contributed by atoms with E-state index in [1.807, 2.05) is 0 Å². The van der Waals surface area contributed by atoms with Crippen LogP contribution in [-0.4, -0.2) is 31.6 Å². The van der Waals surface area contributed by atoms with Gasteiger partial charge >= 0.3 is 0 Å². The Balaban J connectivity index is 2.02. The van der Waals surface area contributed by atoms with Crippen LogP contribution in [0.1, 0.15) is 50.3 Å². The summed E-state index contributed by atoms with van der Waals surface area (Å²) >= 11 is 0. The highest BCUT2D eigenvalue weighted by molar-refractivity contribution is 5.29. The minimum Gasteiger partial charge on any atom is -0.312 e. The van der Waals surface area contributed by atoms with Crippen molar-refractivity contribution in [2.45, 2.75) is 46.1 Å². The molecule has 1 aromatic rings. The molecule has 1 atom stereocenters. The Morgan fingerprint density at radius 2 is 1.95 bits per heavy atom. The van der Waals surface area contributed by atoms with Crippen molar-refractivity contribution >= 4 is 0 Å². The fourth-order valence-corrected chi connectivity index (χ4v) is 3.24. The molecule has 0 aromatic heterocycles. The normalized spacial score (nSPS) is 21.4. The van der Waals surface area contributed by atoms with Crippen LogP contribution in [-0.2, 0) is 0 Å². The van der Waals surface area contributed by atoms with Gasteiger partial charge in [-0.25, -0.2) is 0 Å².